The third-order valence-corrected chi connectivity index (χ3v) is 6.22. The van der Waals surface area contributed by atoms with E-state index in [9.17, 15) is 0 Å². The van der Waals surface area contributed by atoms with Crippen molar-refractivity contribution in [1.29, 1.82) is 0 Å². The first-order valence-corrected chi connectivity index (χ1v) is 9.29. The van der Waals surface area contributed by atoms with Gasteiger partial charge in [0, 0.05) is 29.9 Å². The number of aromatic nitrogens is 2. The van der Waals surface area contributed by atoms with Gasteiger partial charge in [0.25, 0.3) is 0 Å². The van der Waals surface area contributed by atoms with Crippen molar-refractivity contribution >= 4 is 0 Å². The molecule has 0 bridgehead atoms. The van der Waals surface area contributed by atoms with Gasteiger partial charge in [-0.05, 0) is 32.2 Å². The standard InChI is InChI=1S/C18H29N3O2/c1-4-9-21(15-13-8-10-22-16(13)18(15,2)3)11-14-19-20-17(23-14)12-6-5-7-12/h12-13,15-16H,4-11H2,1-3H3/t13-,15-,16-/m1/s1. The van der Waals surface area contributed by atoms with Crippen molar-refractivity contribution in [2.45, 2.75) is 77.5 Å². The highest BCUT2D eigenvalue weighted by Crippen LogP contribution is 2.54. The molecule has 1 saturated heterocycles. The molecule has 0 aromatic carbocycles. The van der Waals surface area contributed by atoms with Crippen molar-refractivity contribution < 1.29 is 9.15 Å². The second-order valence-corrected chi connectivity index (χ2v) is 8.14. The van der Waals surface area contributed by atoms with Gasteiger partial charge in [-0.3, -0.25) is 4.90 Å². The van der Waals surface area contributed by atoms with Gasteiger partial charge in [-0.2, -0.15) is 0 Å². The summed E-state index contributed by atoms with van der Waals surface area (Å²) in [5, 5.41) is 8.62. The molecule has 0 spiro atoms. The normalized spacial score (nSPS) is 32.6. The summed E-state index contributed by atoms with van der Waals surface area (Å²) in [6.07, 6.45) is 6.47. The molecular weight excluding hydrogens is 290 g/mol. The topological polar surface area (TPSA) is 51.4 Å². The van der Waals surface area contributed by atoms with E-state index in [1.807, 2.05) is 0 Å². The zero-order chi connectivity index (χ0) is 16.0. The molecule has 0 N–H and O–H groups in total. The lowest BCUT2D eigenvalue weighted by Gasteiger charge is -2.58. The van der Waals surface area contributed by atoms with Crippen LogP contribution in [-0.2, 0) is 11.3 Å². The first-order valence-electron chi connectivity index (χ1n) is 9.29. The Hall–Kier alpha value is -0.940. The summed E-state index contributed by atoms with van der Waals surface area (Å²) in [5.74, 6) is 2.84. The fourth-order valence-electron chi connectivity index (χ4n) is 4.97. The van der Waals surface area contributed by atoms with Crippen molar-refractivity contribution in [2.75, 3.05) is 13.2 Å². The zero-order valence-corrected chi connectivity index (χ0v) is 14.6. The molecule has 128 valence electrons. The molecule has 23 heavy (non-hydrogen) atoms. The predicted molar refractivity (Wildman–Crippen MR) is 87.0 cm³/mol. The Labute approximate surface area is 138 Å². The van der Waals surface area contributed by atoms with Crippen LogP contribution in [0.3, 0.4) is 0 Å². The minimum atomic E-state index is 0.215. The average molecular weight is 319 g/mol. The van der Waals surface area contributed by atoms with Gasteiger partial charge in [0.05, 0.1) is 12.6 Å². The van der Waals surface area contributed by atoms with Crippen LogP contribution in [0.5, 0.6) is 0 Å². The molecule has 1 aromatic heterocycles. The van der Waals surface area contributed by atoms with Crippen LogP contribution in [0.15, 0.2) is 4.42 Å². The Morgan fingerprint density at radius 2 is 2.04 bits per heavy atom. The molecule has 3 atom stereocenters. The number of ether oxygens (including phenoxy) is 1. The summed E-state index contributed by atoms with van der Waals surface area (Å²) in [6.45, 7) is 9.72. The maximum atomic E-state index is 5.97. The van der Waals surface area contributed by atoms with Gasteiger partial charge in [0.1, 0.15) is 0 Å². The Balaban J connectivity index is 1.48. The number of hydrogen-bond donors (Lipinski definition) is 0. The molecule has 4 rings (SSSR count). The van der Waals surface area contributed by atoms with E-state index in [1.54, 1.807) is 0 Å². The fourth-order valence-corrected chi connectivity index (χ4v) is 4.97. The lowest BCUT2D eigenvalue weighted by molar-refractivity contribution is -0.158. The minimum Gasteiger partial charge on any atom is -0.424 e. The van der Waals surface area contributed by atoms with Crippen LogP contribution in [0, 0.1) is 11.3 Å². The maximum absolute atomic E-state index is 5.97. The van der Waals surface area contributed by atoms with E-state index in [1.165, 1.54) is 25.7 Å². The van der Waals surface area contributed by atoms with Crippen LogP contribution in [0.2, 0.25) is 0 Å². The van der Waals surface area contributed by atoms with Gasteiger partial charge in [-0.25, -0.2) is 0 Å². The maximum Gasteiger partial charge on any atom is 0.230 e. The van der Waals surface area contributed by atoms with Gasteiger partial charge in [0.15, 0.2) is 0 Å². The summed E-state index contributed by atoms with van der Waals surface area (Å²) in [7, 11) is 0. The van der Waals surface area contributed by atoms with Gasteiger partial charge >= 0.3 is 0 Å². The molecular formula is C18H29N3O2. The van der Waals surface area contributed by atoms with E-state index < -0.39 is 0 Å². The highest BCUT2D eigenvalue weighted by molar-refractivity contribution is 5.12. The molecule has 1 aromatic rings. The third-order valence-electron chi connectivity index (χ3n) is 6.22. The summed E-state index contributed by atoms with van der Waals surface area (Å²) in [6, 6.07) is 0.564. The van der Waals surface area contributed by atoms with Crippen LogP contribution >= 0.6 is 0 Å². The second kappa shape index (κ2) is 5.85. The van der Waals surface area contributed by atoms with Gasteiger partial charge in [-0.1, -0.05) is 27.2 Å². The first kappa shape index (κ1) is 15.6. The molecule has 0 radical (unpaired) electrons. The molecule has 5 heteroatoms. The molecule has 0 unspecified atom stereocenters. The number of rotatable bonds is 6. The minimum absolute atomic E-state index is 0.215. The van der Waals surface area contributed by atoms with E-state index >= 15 is 0 Å². The van der Waals surface area contributed by atoms with E-state index in [2.05, 4.69) is 35.9 Å². The lowest BCUT2D eigenvalue weighted by Crippen LogP contribution is -2.66. The predicted octanol–water partition coefficient (Wildman–Crippen LogP) is 3.36. The Morgan fingerprint density at radius 1 is 1.22 bits per heavy atom. The molecule has 0 amide bonds. The van der Waals surface area contributed by atoms with Crippen molar-refractivity contribution in [3.05, 3.63) is 11.8 Å². The summed E-state index contributed by atoms with van der Waals surface area (Å²) >= 11 is 0. The number of nitrogens with zero attached hydrogens (tertiary/aromatic N) is 3. The molecule has 2 heterocycles. The quantitative estimate of drug-likeness (QED) is 0.804. The second-order valence-electron chi connectivity index (χ2n) is 8.14. The molecule has 2 aliphatic carbocycles. The third kappa shape index (κ3) is 2.52. The Morgan fingerprint density at radius 3 is 2.74 bits per heavy atom. The molecule has 5 nitrogen and oxygen atoms in total. The van der Waals surface area contributed by atoms with Gasteiger partial charge < -0.3 is 9.15 Å². The smallest absolute Gasteiger partial charge is 0.230 e. The largest absolute Gasteiger partial charge is 0.424 e. The van der Waals surface area contributed by atoms with E-state index in [0.29, 0.717) is 24.0 Å². The van der Waals surface area contributed by atoms with Crippen molar-refractivity contribution in [3.8, 4) is 0 Å². The highest BCUT2D eigenvalue weighted by Gasteiger charge is 2.61. The van der Waals surface area contributed by atoms with Crippen LogP contribution in [0.4, 0.5) is 0 Å². The van der Waals surface area contributed by atoms with Crippen LogP contribution in [0.1, 0.15) is 70.6 Å². The van der Waals surface area contributed by atoms with Crippen molar-refractivity contribution in [2.24, 2.45) is 11.3 Å². The summed E-state index contributed by atoms with van der Waals surface area (Å²) in [5.41, 5.74) is 0.215. The SMILES string of the molecule is CCCN(Cc1nnc(C2CCC2)o1)[C@@H]1[C@H]2CCO[C@H]2C1(C)C. The monoisotopic (exact) mass is 319 g/mol. The van der Waals surface area contributed by atoms with Gasteiger partial charge in [-0.15, -0.1) is 10.2 Å². The Kier molecular flexibility index (Phi) is 3.96. The van der Waals surface area contributed by atoms with Crippen molar-refractivity contribution in [3.63, 3.8) is 0 Å². The summed E-state index contributed by atoms with van der Waals surface area (Å²) < 4.78 is 11.9. The van der Waals surface area contributed by atoms with E-state index in [-0.39, 0.29) is 5.41 Å². The highest BCUT2D eigenvalue weighted by atomic mass is 16.5. The zero-order valence-electron chi connectivity index (χ0n) is 14.6. The average Bonchev–Trinajstić information content (AvgIpc) is 3.05. The van der Waals surface area contributed by atoms with Crippen LogP contribution < -0.4 is 0 Å². The van der Waals surface area contributed by atoms with Gasteiger partial charge in [0.2, 0.25) is 11.8 Å². The lowest BCUT2D eigenvalue weighted by atomic mass is 9.56. The first-order chi connectivity index (χ1) is 11.1. The molecule has 2 saturated carbocycles. The van der Waals surface area contributed by atoms with E-state index in [0.717, 1.165) is 37.9 Å². The molecule has 3 aliphatic rings. The fraction of sp³-hybridized carbons (Fsp3) is 0.889. The summed E-state index contributed by atoms with van der Waals surface area (Å²) in [4.78, 5) is 2.56. The molecule has 3 fully saturated rings. The van der Waals surface area contributed by atoms with Crippen molar-refractivity contribution in [1.82, 2.24) is 15.1 Å². The van der Waals surface area contributed by atoms with Crippen LogP contribution in [0.25, 0.3) is 0 Å². The number of hydrogen-bond acceptors (Lipinski definition) is 5. The molecule has 1 aliphatic heterocycles. The number of fused-ring (bicyclic) bond motifs is 1. The van der Waals surface area contributed by atoms with E-state index in [4.69, 9.17) is 9.15 Å². The Bertz CT molecular complexity index is 552. The van der Waals surface area contributed by atoms with Crippen LogP contribution in [-0.4, -0.2) is 40.4 Å².